The van der Waals surface area contributed by atoms with Crippen LogP contribution in [0.2, 0.25) is 0 Å². The highest BCUT2D eigenvalue weighted by Gasteiger charge is 2.27. The van der Waals surface area contributed by atoms with E-state index in [2.05, 4.69) is 41.7 Å². The van der Waals surface area contributed by atoms with Gasteiger partial charge in [0.25, 0.3) is 0 Å². The van der Waals surface area contributed by atoms with Crippen molar-refractivity contribution in [3.63, 3.8) is 0 Å². The highest BCUT2D eigenvalue weighted by Crippen LogP contribution is 2.27. The van der Waals surface area contributed by atoms with Gasteiger partial charge in [-0.05, 0) is 48.7 Å². The molecule has 0 bridgehead atoms. The van der Waals surface area contributed by atoms with Crippen LogP contribution >= 0.6 is 11.8 Å². The zero-order valence-electron chi connectivity index (χ0n) is 12.9. The molecular formula is C18H21NO2S2. The van der Waals surface area contributed by atoms with Gasteiger partial charge in [-0.25, -0.2) is 8.42 Å². The molecule has 23 heavy (non-hydrogen) atoms. The number of rotatable bonds is 6. The summed E-state index contributed by atoms with van der Waals surface area (Å²) < 4.78 is 22.9. The molecule has 1 atom stereocenters. The Labute approximate surface area is 142 Å². The van der Waals surface area contributed by atoms with Crippen molar-refractivity contribution in [2.75, 3.05) is 18.1 Å². The molecule has 0 saturated carbocycles. The van der Waals surface area contributed by atoms with Gasteiger partial charge in [-0.3, -0.25) is 0 Å². The molecule has 0 unspecified atom stereocenters. The van der Waals surface area contributed by atoms with Crippen molar-refractivity contribution >= 4 is 21.6 Å². The molecule has 1 fully saturated rings. The molecule has 0 aromatic heterocycles. The van der Waals surface area contributed by atoms with Crippen LogP contribution in [0.25, 0.3) is 0 Å². The molecule has 1 N–H and O–H groups in total. The average molecular weight is 348 g/mol. The topological polar surface area (TPSA) is 46.2 Å². The number of nitrogens with one attached hydrogen (secondary N) is 1. The molecule has 1 saturated heterocycles. The fraction of sp³-hybridized carbons (Fsp3) is 0.333. The minimum Gasteiger partial charge on any atom is -0.312 e. The van der Waals surface area contributed by atoms with Crippen LogP contribution in [0, 0.1) is 5.92 Å². The summed E-state index contributed by atoms with van der Waals surface area (Å²) >= 11 is 1.75. The normalized spacial score (nSPS) is 19.7. The number of benzene rings is 2. The van der Waals surface area contributed by atoms with Crippen molar-refractivity contribution in [2.45, 2.75) is 22.8 Å². The van der Waals surface area contributed by atoms with Crippen molar-refractivity contribution in [1.82, 2.24) is 5.32 Å². The Morgan fingerprint density at radius 2 is 1.70 bits per heavy atom. The molecular weight excluding hydrogens is 326 g/mol. The van der Waals surface area contributed by atoms with E-state index in [0.717, 1.165) is 19.5 Å². The zero-order valence-corrected chi connectivity index (χ0v) is 14.6. The minimum atomic E-state index is -2.77. The first-order valence-electron chi connectivity index (χ1n) is 7.84. The van der Waals surface area contributed by atoms with Crippen molar-refractivity contribution in [3.05, 3.63) is 60.2 Å². The summed E-state index contributed by atoms with van der Waals surface area (Å²) in [4.78, 5) is 2.46. The number of hydrogen-bond acceptors (Lipinski definition) is 4. The minimum absolute atomic E-state index is 0.271. The summed E-state index contributed by atoms with van der Waals surface area (Å²) in [5.74, 6) is 0.963. The number of sulfone groups is 1. The van der Waals surface area contributed by atoms with Crippen molar-refractivity contribution in [1.29, 1.82) is 0 Å². The van der Waals surface area contributed by atoms with Crippen LogP contribution in [0.4, 0.5) is 0 Å². The van der Waals surface area contributed by atoms with E-state index in [1.54, 1.807) is 11.8 Å². The molecule has 3 rings (SSSR count). The first-order chi connectivity index (χ1) is 11.1. The van der Waals surface area contributed by atoms with E-state index in [1.807, 2.05) is 18.2 Å². The molecule has 1 heterocycles. The van der Waals surface area contributed by atoms with Gasteiger partial charge in [0, 0.05) is 16.3 Å². The van der Waals surface area contributed by atoms with E-state index >= 15 is 0 Å². The third-order valence-electron chi connectivity index (χ3n) is 3.99. The largest absolute Gasteiger partial charge is 0.312 e. The molecule has 122 valence electrons. The lowest BCUT2D eigenvalue weighted by atomic mass is 10.1. The predicted octanol–water partition coefficient (Wildman–Crippen LogP) is 3.36. The third-order valence-corrected chi connectivity index (χ3v) is 6.84. The van der Waals surface area contributed by atoms with Gasteiger partial charge in [-0.15, -0.1) is 0 Å². The second-order valence-electron chi connectivity index (χ2n) is 5.96. The maximum absolute atomic E-state index is 11.4. The van der Waals surface area contributed by atoms with Gasteiger partial charge in [0.15, 0.2) is 9.84 Å². The Bertz CT molecular complexity index is 727. The van der Waals surface area contributed by atoms with E-state index < -0.39 is 9.84 Å². The molecule has 1 aliphatic heterocycles. The second-order valence-corrected chi connectivity index (χ2v) is 9.33. The smallest absolute Gasteiger partial charge is 0.150 e. The van der Waals surface area contributed by atoms with E-state index in [1.165, 1.54) is 15.4 Å². The summed E-state index contributed by atoms with van der Waals surface area (Å²) in [6.45, 7) is 1.56. The van der Waals surface area contributed by atoms with Crippen LogP contribution in [-0.2, 0) is 16.4 Å². The maximum atomic E-state index is 11.4. The van der Waals surface area contributed by atoms with Crippen LogP contribution in [0.5, 0.6) is 0 Å². The first-order valence-corrected chi connectivity index (χ1v) is 10.5. The Morgan fingerprint density at radius 3 is 2.35 bits per heavy atom. The first kappa shape index (κ1) is 16.6. The highest BCUT2D eigenvalue weighted by atomic mass is 32.2. The Hall–Kier alpha value is -1.30. The molecule has 0 radical (unpaired) electrons. The molecule has 2 aromatic carbocycles. The summed E-state index contributed by atoms with van der Waals surface area (Å²) in [6, 6.07) is 18.9. The summed E-state index contributed by atoms with van der Waals surface area (Å²) in [7, 11) is -2.77. The van der Waals surface area contributed by atoms with Crippen LogP contribution in [-0.4, -0.2) is 26.5 Å². The highest BCUT2D eigenvalue weighted by molar-refractivity contribution is 7.99. The van der Waals surface area contributed by atoms with Crippen LogP contribution in [0.15, 0.2) is 64.4 Å². The Morgan fingerprint density at radius 1 is 1.00 bits per heavy atom. The summed E-state index contributed by atoms with van der Waals surface area (Å²) in [6.07, 6.45) is 0.794. The van der Waals surface area contributed by atoms with Gasteiger partial charge >= 0.3 is 0 Å². The predicted molar refractivity (Wildman–Crippen MR) is 95.5 cm³/mol. The molecule has 0 spiro atoms. The molecule has 0 aliphatic carbocycles. The van der Waals surface area contributed by atoms with Gasteiger partial charge in [0.1, 0.15) is 0 Å². The van der Waals surface area contributed by atoms with E-state index in [-0.39, 0.29) is 5.92 Å². The fourth-order valence-electron chi connectivity index (χ4n) is 2.75. The van der Waals surface area contributed by atoms with E-state index in [4.69, 9.17) is 0 Å². The summed E-state index contributed by atoms with van der Waals surface area (Å²) in [5, 5.41) is 3.38. The molecule has 1 aliphatic rings. The average Bonchev–Trinajstić information content (AvgIpc) is 2.89. The van der Waals surface area contributed by atoms with Crippen molar-refractivity contribution in [3.8, 4) is 0 Å². The second kappa shape index (κ2) is 7.51. The fourth-order valence-corrected chi connectivity index (χ4v) is 5.45. The van der Waals surface area contributed by atoms with Crippen LogP contribution in [0.1, 0.15) is 12.0 Å². The lowest BCUT2D eigenvalue weighted by Gasteiger charge is -2.10. The van der Waals surface area contributed by atoms with Crippen LogP contribution < -0.4 is 5.32 Å². The molecule has 0 amide bonds. The van der Waals surface area contributed by atoms with Gasteiger partial charge < -0.3 is 5.32 Å². The van der Waals surface area contributed by atoms with Gasteiger partial charge in [-0.1, -0.05) is 42.1 Å². The zero-order chi connectivity index (χ0) is 16.1. The van der Waals surface area contributed by atoms with Gasteiger partial charge in [0.05, 0.1) is 11.5 Å². The lowest BCUT2D eigenvalue weighted by Crippen LogP contribution is -2.23. The van der Waals surface area contributed by atoms with Crippen molar-refractivity contribution < 1.29 is 8.42 Å². The number of hydrogen-bond donors (Lipinski definition) is 1. The van der Waals surface area contributed by atoms with Gasteiger partial charge in [0.2, 0.25) is 0 Å². The van der Waals surface area contributed by atoms with Crippen molar-refractivity contribution in [2.24, 2.45) is 5.92 Å². The third kappa shape index (κ3) is 5.09. The monoisotopic (exact) mass is 347 g/mol. The molecule has 3 nitrogen and oxygen atoms in total. The standard InChI is InChI=1S/C18H21NO2S2/c20-23(21)11-10-16(14-23)13-19-12-15-6-8-18(9-7-15)22-17-4-2-1-3-5-17/h1-9,16,19H,10-14H2/t16-/m0/s1. The summed E-state index contributed by atoms with van der Waals surface area (Å²) in [5.41, 5.74) is 1.23. The van der Waals surface area contributed by atoms with Gasteiger partial charge in [-0.2, -0.15) is 0 Å². The van der Waals surface area contributed by atoms with Crippen LogP contribution in [0.3, 0.4) is 0 Å². The lowest BCUT2D eigenvalue weighted by molar-refractivity contribution is 0.521. The Balaban J connectivity index is 1.46. The Kier molecular flexibility index (Phi) is 5.41. The SMILES string of the molecule is O=S1(=O)CC[C@@H](CNCc2ccc(Sc3ccccc3)cc2)C1. The maximum Gasteiger partial charge on any atom is 0.150 e. The van der Waals surface area contributed by atoms with E-state index in [0.29, 0.717) is 11.5 Å². The molecule has 2 aromatic rings. The quantitative estimate of drug-likeness (QED) is 0.870. The van der Waals surface area contributed by atoms with E-state index in [9.17, 15) is 8.42 Å². The molecule has 5 heteroatoms.